The van der Waals surface area contributed by atoms with Gasteiger partial charge in [0, 0.05) is 23.7 Å². The van der Waals surface area contributed by atoms with Crippen LogP contribution < -0.4 is 5.56 Å². The number of aromatic nitrogens is 1. The zero-order valence-electron chi connectivity index (χ0n) is 12.8. The minimum Gasteiger partial charge on any atom is -0.394 e. The minimum atomic E-state index is -0.842. The summed E-state index contributed by atoms with van der Waals surface area (Å²) in [6, 6.07) is 6.94. The number of aliphatic hydroxyl groups is 1. The maximum atomic E-state index is 12.8. The second-order valence-corrected chi connectivity index (χ2v) is 6.17. The molecule has 0 spiro atoms. The van der Waals surface area contributed by atoms with Crippen molar-refractivity contribution in [2.24, 2.45) is 0 Å². The van der Waals surface area contributed by atoms with Gasteiger partial charge in [-0.25, -0.2) is 0 Å². The molecule has 1 aromatic heterocycles. The van der Waals surface area contributed by atoms with E-state index in [1.807, 2.05) is 0 Å². The Morgan fingerprint density at radius 2 is 2.04 bits per heavy atom. The fourth-order valence-electron chi connectivity index (χ4n) is 3.21. The molecule has 24 heavy (non-hydrogen) atoms. The summed E-state index contributed by atoms with van der Waals surface area (Å²) in [5.41, 5.74) is -0.248. The fourth-order valence-corrected chi connectivity index (χ4v) is 3.39. The summed E-state index contributed by atoms with van der Waals surface area (Å²) in [4.78, 5) is 12.8. The minimum absolute atomic E-state index is 0.244. The summed E-state index contributed by atoms with van der Waals surface area (Å²) < 4.78 is 23.5. The normalized spacial score (nSPS) is 32.4. The summed E-state index contributed by atoms with van der Waals surface area (Å²) in [5, 5.41) is 11.3. The summed E-state index contributed by atoms with van der Waals surface area (Å²) >= 11 is 6.00. The molecule has 2 aliphatic heterocycles. The Morgan fingerprint density at radius 3 is 2.79 bits per heavy atom. The van der Waals surface area contributed by atoms with Gasteiger partial charge in [0.1, 0.15) is 18.3 Å². The molecular weight excluding hydrogens is 338 g/mol. The summed E-state index contributed by atoms with van der Waals surface area (Å²) in [6.07, 6.45) is -0.734. The number of methoxy groups -OCH3 is 1. The highest BCUT2D eigenvalue weighted by atomic mass is 35.5. The number of benzene rings is 1. The zero-order chi connectivity index (χ0) is 16.8. The third-order valence-electron chi connectivity index (χ3n) is 4.36. The zero-order valence-corrected chi connectivity index (χ0v) is 13.6. The van der Waals surface area contributed by atoms with E-state index < -0.39 is 31.0 Å². The molecule has 8 heteroatoms. The van der Waals surface area contributed by atoms with E-state index >= 15 is 0 Å². The van der Waals surface area contributed by atoms with Gasteiger partial charge >= 0.3 is 0 Å². The van der Waals surface area contributed by atoms with Crippen molar-refractivity contribution in [2.45, 2.75) is 31.0 Å². The summed E-state index contributed by atoms with van der Waals surface area (Å²) in [5.74, 6) is 0. The standard InChI is InChI=1S/C16H16ClNO6/c1-21-16-23-12-11(7-19)22-15(13(12)24-16)18-5-4-8-2-3-9(17)6-10(8)14(18)20/h2-6,11-13,15-16,19H,7H2,1H3/t11-,12-,13+,15-,16?/m1/s1. The van der Waals surface area contributed by atoms with Gasteiger partial charge in [0.15, 0.2) is 6.23 Å². The highest BCUT2D eigenvalue weighted by molar-refractivity contribution is 6.31. The van der Waals surface area contributed by atoms with Crippen LogP contribution in [0.4, 0.5) is 0 Å². The lowest BCUT2D eigenvalue weighted by atomic mass is 10.1. The average Bonchev–Trinajstić information content (AvgIpc) is 3.14. The van der Waals surface area contributed by atoms with Crippen molar-refractivity contribution in [3.05, 3.63) is 45.8 Å². The van der Waals surface area contributed by atoms with Crippen LogP contribution in [-0.2, 0) is 18.9 Å². The Morgan fingerprint density at radius 1 is 1.25 bits per heavy atom. The van der Waals surface area contributed by atoms with E-state index in [0.717, 1.165) is 5.39 Å². The van der Waals surface area contributed by atoms with E-state index in [1.54, 1.807) is 30.5 Å². The molecule has 2 aliphatic rings. The van der Waals surface area contributed by atoms with Gasteiger partial charge in [0.2, 0.25) is 0 Å². The first-order valence-electron chi connectivity index (χ1n) is 7.53. The quantitative estimate of drug-likeness (QED) is 0.895. The van der Waals surface area contributed by atoms with Crippen LogP contribution in [0.3, 0.4) is 0 Å². The van der Waals surface area contributed by atoms with E-state index in [1.165, 1.54) is 11.7 Å². The lowest BCUT2D eigenvalue weighted by Crippen LogP contribution is -2.33. The third-order valence-corrected chi connectivity index (χ3v) is 4.60. The van der Waals surface area contributed by atoms with Crippen LogP contribution in [0, 0.1) is 0 Å². The third kappa shape index (κ3) is 2.45. The molecule has 128 valence electrons. The molecule has 5 atom stereocenters. The van der Waals surface area contributed by atoms with Gasteiger partial charge in [0.25, 0.3) is 12.0 Å². The van der Waals surface area contributed by atoms with Gasteiger partial charge in [-0.1, -0.05) is 17.7 Å². The van der Waals surface area contributed by atoms with Crippen molar-refractivity contribution in [3.63, 3.8) is 0 Å². The summed E-state index contributed by atoms with van der Waals surface area (Å²) in [7, 11) is 1.46. The molecule has 2 fully saturated rings. The molecule has 7 nitrogen and oxygen atoms in total. The average molecular weight is 354 g/mol. The molecule has 1 unspecified atom stereocenters. The lowest BCUT2D eigenvalue weighted by Gasteiger charge is -2.21. The van der Waals surface area contributed by atoms with Gasteiger partial charge in [-0.3, -0.25) is 9.36 Å². The lowest BCUT2D eigenvalue weighted by molar-refractivity contribution is -0.257. The molecule has 2 saturated heterocycles. The largest absolute Gasteiger partial charge is 0.394 e. The highest BCUT2D eigenvalue weighted by Crippen LogP contribution is 2.39. The van der Waals surface area contributed by atoms with Crippen LogP contribution in [0.5, 0.6) is 0 Å². The number of halogens is 1. The molecule has 1 aromatic carbocycles. The van der Waals surface area contributed by atoms with Crippen LogP contribution in [0.25, 0.3) is 10.8 Å². The Kier molecular flexibility index (Phi) is 4.07. The Balaban J connectivity index is 1.77. The molecule has 0 bridgehead atoms. The van der Waals surface area contributed by atoms with Crippen LogP contribution in [0.2, 0.25) is 5.02 Å². The van der Waals surface area contributed by atoms with Crippen LogP contribution in [-0.4, -0.2) is 48.2 Å². The number of hydrogen-bond donors (Lipinski definition) is 1. The topological polar surface area (TPSA) is 79.2 Å². The van der Waals surface area contributed by atoms with Gasteiger partial charge in [0.05, 0.1) is 6.61 Å². The number of ether oxygens (including phenoxy) is 4. The highest BCUT2D eigenvalue weighted by Gasteiger charge is 2.53. The van der Waals surface area contributed by atoms with E-state index in [0.29, 0.717) is 10.4 Å². The predicted molar refractivity (Wildman–Crippen MR) is 84.8 cm³/mol. The number of nitrogens with zero attached hydrogens (tertiary/aromatic N) is 1. The molecule has 0 saturated carbocycles. The molecule has 4 rings (SSSR count). The van der Waals surface area contributed by atoms with Crippen molar-refractivity contribution in [2.75, 3.05) is 13.7 Å². The number of hydrogen-bond acceptors (Lipinski definition) is 6. The molecule has 3 heterocycles. The first-order chi connectivity index (χ1) is 11.6. The van der Waals surface area contributed by atoms with E-state index in [2.05, 4.69) is 0 Å². The van der Waals surface area contributed by atoms with Gasteiger partial charge in [-0.2, -0.15) is 0 Å². The molecule has 1 N–H and O–H groups in total. The smallest absolute Gasteiger partial charge is 0.272 e. The monoisotopic (exact) mass is 353 g/mol. The van der Waals surface area contributed by atoms with Crippen LogP contribution in [0.1, 0.15) is 6.23 Å². The van der Waals surface area contributed by atoms with Crippen molar-refractivity contribution in [1.29, 1.82) is 0 Å². The maximum absolute atomic E-state index is 12.8. The molecule has 2 aromatic rings. The first kappa shape index (κ1) is 16.0. The van der Waals surface area contributed by atoms with Crippen LogP contribution in [0.15, 0.2) is 35.3 Å². The Labute approximate surface area is 142 Å². The Bertz CT molecular complexity index is 824. The molecular formula is C16H16ClNO6. The fraction of sp³-hybridized carbons (Fsp3) is 0.438. The maximum Gasteiger partial charge on any atom is 0.272 e. The molecule has 0 radical (unpaired) electrons. The number of fused-ring (bicyclic) bond motifs is 2. The van der Waals surface area contributed by atoms with Gasteiger partial charge in [-0.15, -0.1) is 0 Å². The van der Waals surface area contributed by atoms with Crippen molar-refractivity contribution >= 4 is 22.4 Å². The van der Waals surface area contributed by atoms with Crippen molar-refractivity contribution < 1.29 is 24.1 Å². The summed E-state index contributed by atoms with van der Waals surface area (Å²) in [6.45, 7) is -1.09. The van der Waals surface area contributed by atoms with E-state index in [4.69, 9.17) is 30.5 Å². The second kappa shape index (κ2) is 6.11. The molecule has 0 amide bonds. The number of rotatable bonds is 3. The first-order valence-corrected chi connectivity index (χ1v) is 7.90. The SMILES string of the molecule is COC1O[C@H]2[C@H](O1)[C@@H](CO)O[C@H]2n1ccc2ccc(Cl)cc2c1=O. The number of pyridine rings is 1. The van der Waals surface area contributed by atoms with E-state index in [9.17, 15) is 9.90 Å². The molecule has 0 aliphatic carbocycles. The van der Waals surface area contributed by atoms with Crippen molar-refractivity contribution in [3.8, 4) is 0 Å². The second-order valence-electron chi connectivity index (χ2n) is 5.73. The van der Waals surface area contributed by atoms with Gasteiger partial charge < -0.3 is 24.1 Å². The van der Waals surface area contributed by atoms with Crippen molar-refractivity contribution in [1.82, 2.24) is 4.57 Å². The number of aliphatic hydroxyl groups excluding tert-OH is 1. The van der Waals surface area contributed by atoms with E-state index in [-0.39, 0.29) is 12.2 Å². The Hall–Kier alpha value is -1.48. The van der Waals surface area contributed by atoms with Gasteiger partial charge in [-0.05, 0) is 23.6 Å². The van der Waals surface area contributed by atoms with Crippen LogP contribution >= 0.6 is 11.6 Å². The predicted octanol–water partition coefficient (Wildman–Crippen LogP) is 1.26.